The zero-order valence-corrected chi connectivity index (χ0v) is 14.5. The minimum absolute atomic E-state index is 0.0534. The molecule has 132 valence electrons. The van der Waals surface area contributed by atoms with Gasteiger partial charge in [-0.15, -0.1) is 0 Å². The van der Waals surface area contributed by atoms with Gasteiger partial charge in [0, 0.05) is 6.04 Å². The predicted molar refractivity (Wildman–Crippen MR) is 95.6 cm³/mol. The molecular formula is C20H23NO4. The normalized spacial score (nSPS) is 11.4. The van der Waals surface area contributed by atoms with Crippen LogP contribution in [0.2, 0.25) is 0 Å². The van der Waals surface area contributed by atoms with E-state index in [1.54, 1.807) is 24.3 Å². The van der Waals surface area contributed by atoms with Crippen LogP contribution in [0.4, 0.5) is 0 Å². The number of hydrogen-bond donors (Lipinski definition) is 1. The SMILES string of the molecule is COC(=O)c1cccc(OCC(=O)N[C@@H](C)CCc2ccccc2)c1. The van der Waals surface area contributed by atoms with Crippen molar-refractivity contribution < 1.29 is 19.1 Å². The van der Waals surface area contributed by atoms with Gasteiger partial charge in [0.05, 0.1) is 12.7 Å². The molecule has 0 radical (unpaired) electrons. The fourth-order valence-electron chi connectivity index (χ4n) is 2.40. The smallest absolute Gasteiger partial charge is 0.337 e. The fraction of sp³-hybridized carbons (Fsp3) is 0.300. The van der Waals surface area contributed by atoms with Gasteiger partial charge in [-0.2, -0.15) is 0 Å². The molecule has 0 spiro atoms. The first-order chi connectivity index (χ1) is 12.1. The summed E-state index contributed by atoms with van der Waals surface area (Å²) in [5.74, 6) is -0.177. The Bertz CT molecular complexity index is 700. The Labute approximate surface area is 148 Å². The van der Waals surface area contributed by atoms with Crippen molar-refractivity contribution in [3.63, 3.8) is 0 Å². The molecule has 0 heterocycles. The van der Waals surface area contributed by atoms with Gasteiger partial charge in [0.2, 0.25) is 0 Å². The highest BCUT2D eigenvalue weighted by atomic mass is 16.5. The number of methoxy groups -OCH3 is 1. The molecule has 0 saturated carbocycles. The number of ether oxygens (including phenoxy) is 2. The van der Waals surface area contributed by atoms with Crippen molar-refractivity contribution in [3.05, 3.63) is 65.7 Å². The summed E-state index contributed by atoms with van der Waals surface area (Å²) in [7, 11) is 1.32. The average Bonchev–Trinajstić information content (AvgIpc) is 2.65. The van der Waals surface area contributed by atoms with Crippen molar-refractivity contribution >= 4 is 11.9 Å². The molecule has 0 unspecified atom stereocenters. The molecular weight excluding hydrogens is 318 g/mol. The van der Waals surface area contributed by atoms with Gasteiger partial charge in [-0.1, -0.05) is 36.4 Å². The number of carbonyl (C=O) groups is 2. The second-order valence-corrected chi connectivity index (χ2v) is 5.80. The lowest BCUT2D eigenvalue weighted by atomic mass is 10.1. The van der Waals surface area contributed by atoms with E-state index in [0.29, 0.717) is 11.3 Å². The first-order valence-electron chi connectivity index (χ1n) is 8.23. The van der Waals surface area contributed by atoms with Crippen LogP contribution < -0.4 is 10.1 Å². The number of esters is 1. The summed E-state index contributed by atoms with van der Waals surface area (Å²) in [5, 5.41) is 2.91. The van der Waals surface area contributed by atoms with Gasteiger partial charge in [-0.05, 0) is 43.5 Å². The van der Waals surface area contributed by atoms with Crippen LogP contribution in [0.5, 0.6) is 5.75 Å². The van der Waals surface area contributed by atoms with E-state index in [4.69, 9.17) is 4.74 Å². The Morgan fingerprint density at radius 2 is 1.84 bits per heavy atom. The highest BCUT2D eigenvalue weighted by molar-refractivity contribution is 5.89. The van der Waals surface area contributed by atoms with Crippen LogP contribution in [0.3, 0.4) is 0 Å². The number of nitrogens with one attached hydrogen (secondary N) is 1. The molecule has 0 aliphatic rings. The molecule has 0 bridgehead atoms. The molecule has 2 aromatic carbocycles. The summed E-state index contributed by atoms with van der Waals surface area (Å²) >= 11 is 0. The third kappa shape index (κ3) is 6.30. The summed E-state index contributed by atoms with van der Waals surface area (Å²) in [6, 6.07) is 16.8. The van der Waals surface area contributed by atoms with Gasteiger partial charge in [-0.3, -0.25) is 4.79 Å². The zero-order chi connectivity index (χ0) is 18.1. The van der Waals surface area contributed by atoms with Crippen molar-refractivity contribution in [3.8, 4) is 5.75 Å². The Hall–Kier alpha value is -2.82. The van der Waals surface area contributed by atoms with E-state index in [1.807, 2.05) is 25.1 Å². The number of amides is 1. The second kappa shape index (κ2) is 9.47. The van der Waals surface area contributed by atoms with Gasteiger partial charge in [0.1, 0.15) is 5.75 Å². The van der Waals surface area contributed by atoms with E-state index in [2.05, 4.69) is 22.2 Å². The molecule has 0 aliphatic heterocycles. The van der Waals surface area contributed by atoms with Crippen LogP contribution in [-0.2, 0) is 16.0 Å². The van der Waals surface area contributed by atoms with Gasteiger partial charge < -0.3 is 14.8 Å². The van der Waals surface area contributed by atoms with Crippen LogP contribution in [0, 0.1) is 0 Å². The number of rotatable bonds is 8. The quantitative estimate of drug-likeness (QED) is 0.750. The molecule has 25 heavy (non-hydrogen) atoms. The number of carbonyl (C=O) groups excluding carboxylic acids is 2. The molecule has 5 nitrogen and oxygen atoms in total. The molecule has 2 aromatic rings. The van der Waals surface area contributed by atoms with Crippen LogP contribution in [0.1, 0.15) is 29.3 Å². The Morgan fingerprint density at radius 3 is 2.56 bits per heavy atom. The van der Waals surface area contributed by atoms with Crippen LogP contribution in [-0.4, -0.2) is 31.6 Å². The molecule has 0 aromatic heterocycles. The topological polar surface area (TPSA) is 64.6 Å². The highest BCUT2D eigenvalue weighted by Crippen LogP contribution is 2.14. The molecule has 0 saturated heterocycles. The molecule has 1 N–H and O–H groups in total. The van der Waals surface area contributed by atoms with E-state index in [0.717, 1.165) is 12.8 Å². The molecule has 1 atom stereocenters. The van der Waals surface area contributed by atoms with Crippen LogP contribution >= 0.6 is 0 Å². The first kappa shape index (κ1) is 18.5. The van der Waals surface area contributed by atoms with Gasteiger partial charge >= 0.3 is 5.97 Å². The fourth-order valence-corrected chi connectivity index (χ4v) is 2.40. The summed E-state index contributed by atoms with van der Waals surface area (Å²) in [6.45, 7) is 1.87. The third-order valence-electron chi connectivity index (χ3n) is 3.74. The van der Waals surface area contributed by atoms with Crippen molar-refractivity contribution in [1.29, 1.82) is 0 Å². The van der Waals surface area contributed by atoms with Gasteiger partial charge in [0.25, 0.3) is 5.91 Å². The molecule has 2 rings (SSSR count). The van der Waals surface area contributed by atoms with Crippen molar-refractivity contribution in [2.75, 3.05) is 13.7 Å². The maximum Gasteiger partial charge on any atom is 0.337 e. The lowest BCUT2D eigenvalue weighted by Gasteiger charge is -2.14. The zero-order valence-electron chi connectivity index (χ0n) is 14.5. The standard InChI is InChI=1S/C20H23NO4/c1-15(11-12-16-7-4-3-5-8-16)21-19(22)14-25-18-10-6-9-17(13-18)20(23)24-2/h3-10,13,15H,11-12,14H2,1-2H3,(H,21,22)/t15-/m0/s1. The Morgan fingerprint density at radius 1 is 1.08 bits per heavy atom. The van der Waals surface area contributed by atoms with Crippen molar-refractivity contribution in [1.82, 2.24) is 5.32 Å². The van der Waals surface area contributed by atoms with E-state index in [-0.39, 0.29) is 18.6 Å². The minimum atomic E-state index is -0.440. The monoisotopic (exact) mass is 341 g/mol. The number of benzene rings is 2. The predicted octanol–water partition coefficient (Wildman–Crippen LogP) is 2.99. The number of aryl methyl sites for hydroxylation is 1. The van der Waals surface area contributed by atoms with Crippen molar-refractivity contribution in [2.24, 2.45) is 0 Å². The maximum absolute atomic E-state index is 12.0. The molecule has 0 aliphatic carbocycles. The first-order valence-corrected chi connectivity index (χ1v) is 8.23. The van der Waals surface area contributed by atoms with E-state index in [9.17, 15) is 9.59 Å². The molecule has 1 amide bonds. The van der Waals surface area contributed by atoms with Gasteiger partial charge in [0.15, 0.2) is 6.61 Å². The van der Waals surface area contributed by atoms with E-state index in [1.165, 1.54) is 12.7 Å². The van der Waals surface area contributed by atoms with E-state index >= 15 is 0 Å². The van der Waals surface area contributed by atoms with Crippen LogP contribution in [0.25, 0.3) is 0 Å². The summed E-state index contributed by atoms with van der Waals surface area (Å²) < 4.78 is 10.1. The number of hydrogen-bond acceptors (Lipinski definition) is 4. The Kier molecular flexibility index (Phi) is 7.01. The Balaban J connectivity index is 1.75. The molecule has 0 fully saturated rings. The lowest BCUT2D eigenvalue weighted by molar-refractivity contribution is -0.123. The van der Waals surface area contributed by atoms with Gasteiger partial charge in [-0.25, -0.2) is 4.79 Å². The molecule has 5 heteroatoms. The summed E-state index contributed by atoms with van der Waals surface area (Å²) in [4.78, 5) is 23.5. The second-order valence-electron chi connectivity index (χ2n) is 5.80. The third-order valence-corrected chi connectivity index (χ3v) is 3.74. The minimum Gasteiger partial charge on any atom is -0.484 e. The summed E-state index contributed by atoms with van der Waals surface area (Å²) in [6.07, 6.45) is 1.76. The largest absolute Gasteiger partial charge is 0.484 e. The maximum atomic E-state index is 12.0. The summed E-state index contributed by atoms with van der Waals surface area (Å²) in [5.41, 5.74) is 1.64. The van der Waals surface area contributed by atoms with Crippen molar-refractivity contribution in [2.45, 2.75) is 25.8 Å². The average molecular weight is 341 g/mol. The lowest BCUT2D eigenvalue weighted by Crippen LogP contribution is -2.36. The highest BCUT2D eigenvalue weighted by Gasteiger charge is 2.10. The van der Waals surface area contributed by atoms with Crippen LogP contribution in [0.15, 0.2) is 54.6 Å². The van der Waals surface area contributed by atoms with E-state index < -0.39 is 5.97 Å².